The van der Waals surface area contributed by atoms with Gasteiger partial charge in [0.05, 0.1) is 5.56 Å². The van der Waals surface area contributed by atoms with E-state index < -0.39 is 23.6 Å². The molecule has 0 unspecified atom stereocenters. The van der Waals surface area contributed by atoms with E-state index in [2.05, 4.69) is 28.1 Å². The Kier molecular flexibility index (Phi) is 11.8. The maximum absolute atomic E-state index is 14.4. The van der Waals surface area contributed by atoms with Gasteiger partial charge in [-0.15, -0.1) is 12.8 Å². The Balaban J connectivity index is 0.000000722. The number of nitrogens with zero attached hydrogens (tertiary/aromatic N) is 5. The summed E-state index contributed by atoms with van der Waals surface area (Å²) in [6.45, 7) is 1.46. The average molecular weight is 586 g/mol. The van der Waals surface area contributed by atoms with E-state index in [1.807, 2.05) is 0 Å². The van der Waals surface area contributed by atoms with Crippen LogP contribution in [0.4, 0.5) is 34.9 Å². The molecule has 2 atom stereocenters. The van der Waals surface area contributed by atoms with E-state index in [0.717, 1.165) is 31.4 Å². The van der Waals surface area contributed by atoms with Crippen molar-refractivity contribution in [1.29, 1.82) is 0 Å². The quantitative estimate of drug-likeness (QED) is 0.311. The highest BCUT2D eigenvalue weighted by molar-refractivity contribution is 6.31. The second kappa shape index (κ2) is 14.6. The summed E-state index contributed by atoms with van der Waals surface area (Å²) in [7, 11) is 3.38. The van der Waals surface area contributed by atoms with Crippen molar-refractivity contribution in [3.05, 3.63) is 40.9 Å². The third-order valence-electron chi connectivity index (χ3n) is 6.18. The van der Waals surface area contributed by atoms with E-state index in [9.17, 15) is 27.2 Å². The number of piperidine rings is 2. The number of halogens is 5. The molecule has 0 spiro atoms. The summed E-state index contributed by atoms with van der Waals surface area (Å²) in [4.78, 5) is 35.2. The summed E-state index contributed by atoms with van der Waals surface area (Å²) in [6, 6.07) is 2.30. The lowest BCUT2D eigenvalue weighted by Gasteiger charge is -2.43. The number of carbonyl (C=O) groups is 2. The number of hydrogen-bond acceptors (Lipinski definition) is 7. The van der Waals surface area contributed by atoms with Crippen molar-refractivity contribution in [2.24, 2.45) is 0 Å². The molecule has 14 heteroatoms. The number of likely N-dealkylation sites (tertiary alicyclic amines) is 1. The van der Waals surface area contributed by atoms with Crippen molar-refractivity contribution in [1.82, 2.24) is 19.8 Å². The van der Waals surface area contributed by atoms with Crippen molar-refractivity contribution in [2.75, 3.05) is 49.7 Å². The fourth-order valence-corrected chi connectivity index (χ4v) is 4.66. The number of alkyl halides is 3. The zero-order valence-corrected chi connectivity index (χ0v) is 22.9. The van der Waals surface area contributed by atoms with E-state index in [-0.39, 0.29) is 34.3 Å². The van der Waals surface area contributed by atoms with Crippen molar-refractivity contribution in [2.45, 2.75) is 43.9 Å². The lowest BCUT2D eigenvalue weighted by Crippen LogP contribution is -2.56. The lowest BCUT2D eigenvalue weighted by atomic mass is 9.97. The minimum Gasteiger partial charge on any atom is -0.381 e. The molecule has 9 nitrogen and oxygen atoms in total. The molecule has 1 aromatic heterocycles. The highest BCUT2D eigenvalue weighted by Crippen LogP contribution is 2.34. The number of anilines is 3. The molecular weight excluding hydrogens is 554 g/mol. The Hall–Kier alpha value is -3.79. The molecule has 2 aliphatic heterocycles. The van der Waals surface area contributed by atoms with Gasteiger partial charge < -0.3 is 25.8 Å². The number of hydrogen-bond donors (Lipinski definition) is 2. The van der Waals surface area contributed by atoms with Crippen LogP contribution in [0.1, 0.15) is 31.2 Å². The number of aromatic nitrogens is 2. The summed E-state index contributed by atoms with van der Waals surface area (Å²) in [5.41, 5.74) is 4.82. The number of terminal acetylenes is 1. The fourth-order valence-electron chi connectivity index (χ4n) is 4.43. The Bertz CT molecular complexity index is 1180. The van der Waals surface area contributed by atoms with E-state index >= 15 is 0 Å². The zero-order chi connectivity index (χ0) is 30.0. The number of benzene rings is 1. The zero-order valence-electron chi connectivity index (χ0n) is 22.2. The maximum Gasteiger partial charge on any atom is 0.416 e. The van der Waals surface area contributed by atoms with Crippen LogP contribution in [0.2, 0.25) is 5.02 Å². The van der Waals surface area contributed by atoms with Gasteiger partial charge in [-0.2, -0.15) is 17.6 Å². The minimum atomic E-state index is -4.55. The first-order valence-electron chi connectivity index (χ1n) is 12.3. The van der Waals surface area contributed by atoms with Gasteiger partial charge in [0, 0.05) is 50.5 Å². The van der Waals surface area contributed by atoms with Crippen LogP contribution in [0.15, 0.2) is 24.5 Å². The number of nitrogen functional groups attached to an aromatic ring is 1. The van der Waals surface area contributed by atoms with Gasteiger partial charge in [0.15, 0.2) is 11.6 Å². The van der Waals surface area contributed by atoms with Gasteiger partial charge in [0.1, 0.15) is 12.4 Å². The third kappa shape index (κ3) is 8.61. The molecule has 1 aromatic carbocycles. The molecular formula is C26H32ClF4N7O2. The van der Waals surface area contributed by atoms with E-state index in [1.54, 1.807) is 23.9 Å². The van der Waals surface area contributed by atoms with E-state index in [1.165, 1.54) is 17.3 Å². The van der Waals surface area contributed by atoms with Gasteiger partial charge in [-0.25, -0.2) is 9.97 Å². The molecule has 40 heavy (non-hydrogen) atoms. The first-order chi connectivity index (χ1) is 18.9. The van der Waals surface area contributed by atoms with Crippen LogP contribution < -0.4 is 16.0 Å². The average Bonchev–Trinajstić information content (AvgIpc) is 2.92. The molecule has 2 saturated heterocycles. The van der Waals surface area contributed by atoms with E-state index in [4.69, 9.17) is 17.3 Å². The Morgan fingerprint density at radius 2 is 1.80 bits per heavy atom. The Morgan fingerprint density at radius 1 is 1.15 bits per heavy atom. The van der Waals surface area contributed by atoms with Crippen molar-refractivity contribution in [3.8, 4) is 12.8 Å². The monoisotopic (exact) mass is 585 g/mol. The van der Waals surface area contributed by atoms with Crippen molar-refractivity contribution in [3.63, 3.8) is 0 Å². The van der Waals surface area contributed by atoms with Crippen LogP contribution in [-0.4, -0.2) is 77.9 Å². The van der Waals surface area contributed by atoms with Gasteiger partial charge >= 0.3 is 6.18 Å². The van der Waals surface area contributed by atoms with Gasteiger partial charge in [0.2, 0.25) is 18.1 Å². The highest BCUT2D eigenvalue weighted by Gasteiger charge is 2.37. The smallest absolute Gasteiger partial charge is 0.381 e. The standard InChI is InChI=1S/C21H23ClF4N6O.C3H7NO.C2H2/c22-13-7-12(21(24,25)26)8-14(9-13)30-16-4-2-6-32(20(16)33)15-3-1-5-31(10-15)19-17(23)18(27)28-11-29-19;1-4(2)3-5;1-2/h7-9,11,15-16,30H,1-6,10H2,(H2,27,28,29);3H,1-2H3;1-2H/t15-,16-;;/m1../s1. The van der Waals surface area contributed by atoms with Gasteiger partial charge in [-0.1, -0.05) is 11.6 Å². The summed E-state index contributed by atoms with van der Waals surface area (Å²) in [6.07, 6.45) is 8.02. The minimum absolute atomic E-state index is 0.0680. The molecule has 0 saturated carbocycles. The van der Waals surface area contributed by atoms with Crippen LogP contribution in [0.25, 0.3) is 0 Å². The summed E-state index contributed by atoms with van der Waals surface area (Å²) in [5.74, 6) is -1.03. The molecule has 0 radical (unpaired) electrons. The summed E-state index contributed by atoms with van der Waals surface area (Å²) >= 11 is 5.87. The predicted octanol–water partition coefficient (Wildman–Crippen LogP) is 3.90. The molecule has 218 valence electrons. The molecule has 2 fully saturated rings. The first kappa shape index (κ1) is 32.4. The Labute approximate surface area is 235 Å². The fraction of sp³-hybridized carbons (Fsp3) is 0.462. The van der Waals surface area contributed by atoms with Crippen LogP contribution in [0.5, 0.6) is 0 Å². The molecule has 0 aliphatic carbocycles. The van der Waals surface area contributed by atoms with Gasteiger partial charge in [-0.3, -0.25) is 9.59 Å². The molecule has 2 amide bonds. The number of nitrogens with one attached hydrogen (secondary N) is 1. The molecule has 2 aliphatic rings. The van der Waals surface area contributed by atoms with Crippen LogP contribution in [0, 0.1) is 18.7 Å². The summed E-state index contributed by atoms with van der Waals surface area (Å²) < 4.78 is 53.8. The largest absolute Gasteiger partial charge is 0.416 e. The molecule has 3 N–H and O–H groups in total. The second-order valence-electron chi connectivity index (χ2n) is 9.30. The predicted molar refractivity (Wildman–Crippen MR) is 146 cm³/mol. The van der Waals surface area contributed by atoms with Gasteiger partial charge in [0.25, 0.3) is 0 Å². The van der Waals surface area contributed by atoms with Gasteiger partial charge in [-0.05, 0) is 43.9 Å². The maximum atomic E-state index is 14.4. The SMILES string of the molecule is C#C.CN(C)C=O.Nc1ncnc(N2CCC[C@@H](N3CCC[C@@H](Nc4cc(Cl)cc(C(F)(F)F)c4)C3=O)C2)c1F. The normalized spacial score (nSPS) is 19.0. The highest BCUT2D eigenvalue weighted by atomic mass is 35.5. The molecule has 2 aromatic rings. The lowest BCUT2D eigenvalue weighted by molar-refractivity contribution is -0.137. The van der Waals surface area contributed by atoms with Crippen molar-refractivity contribution >= 4 is 41.2 Å². The topological polar surface area (TPSA) is 108 Å². The van der Waals surface area contributed by atoms with E-state index in [0.29, 0.717) is 32.5 Å². The molecule has 3 heterocycles. The summed E-state index contributed by atoms with van der Waals surface area (Å²) in [5, 5.41) is 2.86. The van der Waals surface area contributed by atoms with Crippen LogP contribution >= 0.6 is 11.6 Å². The molecule has 4 rings (SSSR count). The number of nitrogens with two attached hydrogens (primary N) is 1. The van der Waals surface area contributed by atoms with Crippen LogP contribution in [-0.2, 0) is 15.8 Å². The molecule has 0 bridgehead atoms. The number of rotatable bonds is 5. The third-order valence-corrected chi connectivity index (χ3v) is 6.40. The van der Waals surface area contributed by atoms with Crippen molar-refractivity contribution < 1.29 is 27.2 Å². The Morgan fingerprint density at radius 3 is 2.42 bits per heavy atom. The second-order valence-corrected chi connectivity index (χ2v) is 9.74. The number of amides is 2. The first-order valence-corrected chi connectivity index (χ1v) is 12.7. The number of carbonyl (C=O) groups excluding carboxylic acids is 2. The van der Waals surface area contributed by atoms with Crippen LogP contribution in [0.3, 0.4) is 0 Å².